The van der Waals surface area contributed by atoms with Crippen LogP contribution in [0.5, 0.6) is 5.75 Å². The fourth-order valence-corrected chi connectivity index (χ4v) is 0.938. The van der Waals surface area contributed by atoms with Crippen LogP contribution in [0.15, 0.2) is 12.1 Å². The van der Waals surface area contributed by atoms with Crippen LogP contribution in [0.1, 0.15) is 11.7 Å². The molecule has 5 heteroatoms. The zero-order chi connectivity index (χ0) is 10.0. The van der Waals surface area contributed by atoms with Crippen molar-refractivity contribution in [2.24, 2.45) is 0 Å². The van der Waals surface area contributed by atoms with Crippen molar-refractivity contribution in [3.8, 4) is 5.75 Å². The molecule has 0 heterocycles. The topological polar surface area (TPSA) is 60.7 Å². The number of rotatable bonds is 2. The normalized spacial score (nSPS) is 12.9. The largest absolute Gasteiger partial charge is 0.505 e. The molecule has 13 heavy (non-hydrogen) atoms. The summed E-state index contributed by atoms with van der Waals surface area (Å²) in [6.07, 6.45) is -1.48. The Balaban J connectivity index is 3.20. The van der Waals surface area contributed by atoms with Crippen molar-refractivity contribution in [2.45, 2.75) is 6.10 Å². The van der Waals surface area contributed by atoms with Crippen LogP contribution in [0, 0.1) is 11.6 Å². The molecule has 0 aliphatic carbocycles. The molecule has 3 N–H and O–H groups in total. The molecule has 0 aliphatic rings. The van der Waals surface area contributed by atoms with E-state index in [1.54, 1.807) is 0 Å². The molecular weight excluding hydrogens is 182 g/mol. The molecular formula is C8H8F2O3. The van der Waals surface area contributed by atoms with E-state index in [9.17, 15) is 8.78 Å². The molecule has 0 saturated heterocycles. The Morgan fingerprint density at radius 1 is 1.31 bits per heavy atom. The van der Waals surface area contributed by atoms with Crippen LogP contribution in [-0.4, -0.2) is 21.9 Å². The lowest BCUT2D eigenvalue weighted by atomic mass is 10.1. The maximum atomic E-state index is 12.7. The van der Waals surface area contributed by atoms with Gasteiger partial charge in [-0.2, -0.15) is 0 Å². The molecule has 0 aliphatic heterocycles. The van der Waals surface area contributed by atoms with E-state index in [4.69, 9.17) is 15.3 Å². The third-order valence-electron chi connectivity index (χ3n) is 1.59. The molecule has 3 nitrogen and oxygen atoms in total. The predicted molar refractivity (Wildman–Crippen MR) is 40.1 cm³/mol. The summed E-state index contributed by atoms with van der Waals surface area (Å²) in [5.74, 6) is -2.93. The zero-order valence-electron chi connectivity index (χ0n) is 6.54. The summed E-state index contributed by atoms with van der Waals surface area (Å²) < 4.78 is 25.2. The summed E-state index contributed by atoms with van der Waals surface area (Å²) in [4.78, 5) is 0. The molecule has 0 fully saturated rings. The van der Waals surface area contributed by atoms with E-state index in [1.807, 2.05) is 0 Å². The van der Waals surface area contributed by atoms with Crippen LogP contribution in [0.3, 0.4) is 0 Å². The molecule has 1 rings (SSSR count). The molecule has 1 unspecified atom stereocenters. The summed E-state index contributed by atoms with van der Waals surface area (Å²) >= 11 is 0. The van der Waals surface area contributed by atoms with E-state index in [0.717, 1.165) is 6.07 Å². The van der Waals surface area contributed by atoms with E-state index in [2.05, 4.69) is 0 Å². The first-order chi connectivity index (χ1) is 6.06. The SMILES string of the molecule is OCC(O)c1cc(F)cc(F)c1O. The minimum Gasteiger partial charge on any atom is -0.505 e. The Morgan fingerprint density at radius 3 is 2.46 bits per heavy atom. The van der Waals surface area contributed by atoms with Gasteiger partial charge in [0.25, 0.3) is 0 Å². The quantitative estimate of drug-likeness (QED) is 0.643. The first-order valence-corrected chi connectivity index (χ1v) is 3.53. The zero-order valence-corrected chi connectivity index (χ0v) is 6.54. The second-order valence-electron chi connectivity index (χ2n) is 2.52. The fourth-order valence-electron chi connectivity index (χ4n) is 0.938. The molecule has 0 spiro atoms. The minimum atomic E-state index is -1.48. The summed E-state index contributed by atoms with van der Waals surface area (Å²) in [5, 5.41) is 26.5. The van der Waals surface area contributed by atoms with E-state index in [1.165, 1.54) is 0 Å². The number of phenols is 1. The van der Waals surface area contributed by atoms with Gasteiger partial charge in [0, 0.05) is 11.6 Å². The van der Waals surface area contributed by atoms with Crippen molar-refractivity contribution in [3.05, 3.63) is 29.3 Å². The number of phenolic OH excluding ortho intramolecular Hbond substituents is 1. The standard InChI is InChI=1S/C8H8F2O3/c9-4-1-5(7(12)3-11)8(13)6(10)2-4/h1-2,7,11-13H,3H2. The highest BCUT2D eigenvalue weighted by Crippen LogP contribution is 2.27. The number of hydrogen-bond acceptors (Lipinski definition) is 3. The fraction of sp³-hybridized carbons (Fsp3) is 0.250. The van der Waals surface area contributed by atoms with Crippen LogP contribution in [0.2, 0.25) is 0 Å². The monoisotopic (exact) mass is 190 g/mol. The van der Waals surface area contributed by atoms with Gasteiger partial charge in [0.05, 0.1) is 6.61 Å². The Bertz CT molecular complexity index is 315. The highest BCUT2D eigenvalue weighted by Gasteiger charge is 2.16. The highest BCUT2D eigenvalue weighted by atomic mass is 19.1. The first-order valence-electron chi connectivity index (χ1n) is 3.53. The van der Waals surface area contributed by atoms with Crippen molar-refractivity contribution in [3.63, 3.8) is 0 Å². The van der Waals surface area contributed by atoms with Gasteiger partial charge in [-0.3, -0.25) is 0 Å². The lowest BCUT2D eigenvalue weighted by Crippen LogP contribution is -2.04. The van der Waals surface area contributed by atoms with Crippen LogP contribution < -0.4 is 0 Å². The van der Waals surface area contributed by atoms with Crippen molar-refractivity contribution in [2.75, 3.05) is 6.61 Å². The van der Waals surface area contributed by atoms with Crippen LogP contribution in [-0.2, 0) is 0 Å². The molecule has 0 radical (unpaired) electrons. The number of aliphatic hydroxyl groups excluding tert-OH is 2. The van der Waals surface area contributed by atoms with Gasteiger partial charge in [-0.1, -0.05) is 0 Å². The van der Waals surface area contributed by atoms with E-state index < -0.39 is 30.1 Å². The molecule has 0 saturated carbocycles. The van der Waals surface area contributed by atoms with E-state index in [-0.39, 0.29) is 5.56 Å². The number of benzene rings is 1. The molecule has 0 bridgehead atoms. The Kier molecular flexibility index (Phi) is 2.79. The van der Waals surface area contributed by atoms with Gasteiger partial charge < -0.3 is 15.3 Å². The van der Waals surface area contributed by atoms with Gasteiger partial charge in [-0.05, 0) is 6.07 Å². The maximum Gasteiger partial charge on any atom is 0.168 e. The summed E-state index contributed by atoms with van der Waals surface area (Å²) in [6.45, 7) is -0.712. The second kappa shape index (κ2) is 3.68. The van der Waals surface area contributed by atoms with Crippen molar-refractivity contribution in [1.82, 2.24) is 0 Å². The number of aliphatic hydroxyl groups is 2. The third-order valence-corrected chi connectivity index (χ3v) is 1.59. The predicted octanol–water partition coefficient (Wildman–Crippen LogP) is 0.696. The number of halogens is 2. The molecule has 72 valence electrons. The summed E-state index contributed by atoms with van der Waals surface area (Å²) in [5.41, 5.74) is -0.361. The number of hydrogen-bond donors (Lipinski definition) is 3. The molecule has 0 aromatic heterocycles. The van der Waals surface area contributed by atoms with E-state index >= 15 is 0 Å². The van der Waals surface area contributed by atoms with Gasteiger partial charge in [0.2, 0.25) is 0 Å². The average Bonchev–Trinajstić information content (AvgIpc) is 2.10. The molecule has 1 aromatic rings. The molecule has 0 amide bonds. The van der Waals surface area contributed by atoms with Gasteiger partial charge in [-0.15, -0.1) is 0 Å². The third kappa shape index (κ3) is 1.93. The van der Waals surface area contributed by atoms with Gasteiger partial charge in [-0.25, -0.2) is 8.78 Å². The summed E-state index contributed by atoms with van der Waals surface area (Å²) in [6, 6.07) is 1.25. The lowest BCUT2D eigenvalue weighted by molar-refractivity contribution is 0.0926. The van der Waals surface area contributed by atoms with Crippen LogP contribution in [0.25, 0.3) is 0 Å². The van der Waals surface area contributed by atoms with Crippen LogP contribution in [0.4, 0.5) is 8.78 Å². The Labute approximate surface area is 72.9 Å². The highest BCUT2D eigenvalue weighted by molar-refractivity contribution is 5.35. The summed E-state index contributed by atoms with van der Waals surface area (Å²) in [7, 11) is 0. The van der Waals surface area contributed by atoms with E-state index in [0.29, 0.717) is 6.07 Å². The first kappa shape index (κ1) is 9.88. The molecule has 1 aromatic carbocycles. The van der Waals surface area contributed by atoms with Gasteiger partial charge in [0.1, 0.15) is 11.9 Å². The Hall–Kier alpha value is -1.20. The smallest absolute Gasteiger partial charge is 0.168 e. The van der Waals surface area contributed by atoms with Gasteiger partial charge in [0.15, 0.2) is 11.6 Å². The molecule has 1 atom stereocenters. The minimum absolute atomic E-state index is 0.361. The second-order valence-corrected chi connectivity index (χ2v) is 2.52. The van der Waals surface area contributed by atoms with Crippen molar-refractivity contribution in [1.29, 1.82) is 0 Å². The number of aromatic hydroxyl groups is 1. The van der Waals surface area contributed by atoms with Crippen LogP contribution >= 0.6 is 0 Å². The Morgan fingerprint density at radius 2 is 1.92 bits per heavy atom. The maximum absolute atomic E-state index is 12.7. The lowest BCUT2D eigenvalue weighted by Gasteiger charge is -2.09. The van der Waals surface area contributed by atoms with Crippen molar-refractivity contribution < 1.29 is 24.1 Å². The van der Waals surface area contributed by atoms with Crippen molar-refractivity contribution >= 4 is 0 Å². The average molecular weight is 190 g/mol. The van der Waals surface area contributed by atoms with Gasteiger partial charge >= 0.3 is 0 Å².